The summed E-state index contributed by atoms with van der Waals surface area (Å²) in [6.07, 6.45) is 3.20. The molecule has 0 bridgehead atoms. The maximum atomic E-state index is 12.2. The van der Waals surface area contributed by atoms with Gasteiger partial charge in [0.25, 0.3) is 5.91 Å². The second kappa shape index (κ2) is 6.39. The van der Waals surface area contributed by atoms with E-state index >= 15 is 0 Å². The van der Waals surface area contributed by atoms with Crippen molar-refractivity contribution in [3.8, 4) is 0 Å². The van der Waals surface area contributed by atoms with Gasteiger partial charge in [-0.3, -0.25) is 4.79 Å². The Hall–Kier alpha value is -1.36. The van der Waals surface area contributed by atoms with Crippen molar-refractivity contribution < 1.29 is 14.3 Å². The van der Waals surface area contributed by atoms with E-state index in [1.54, 1.807) is 6.07 Å². The quantitative estimate of drug-likeness (QED) is 0.805. The van der Waals surface area contributed by atoms with Crippen LogP contribution >= 0.6 is 11.3 Å². The molecule has 1 aliphatic heterocycles. The van der Waals surface area contributed by atoms with Gasteiger partial charge in [0, 0.05) is 17.0 Å². The Morgan fingerprint density at radius 2 is 1.95 bits per heavy atom. The first-order chi connectivity index (χ1) is 9.49. The van der Waals surface area contributed by atoms with E-state index in [-0.39, 0.29) is 24.6 Å². The molecule has 1 aromatic rings. The monoisotopic (exact) mass is 295 g/mol. The van der Waals surface area contributed by atoms with Crippen LogP contribution in [-0.4, -0.2) is 35.5 Å². The number of amides is 1. The van der Waals surface area contributed by atoms with E-state index in [9.17, 15) is 9.59 Å². The third-order valence-corrected chi connectivity index (χ3v) is 4.73. The molecule has 1 aromatic heterocycles. The number of nitrogens with zero attached hydrogens (tertiary/aromatic N) is 1. The van der Waals surface area contributed by atoms with Crippen LogP contribution in [0.15, 0.2) is 12.1 Å². The van der Waals surface area contributed by atoms with Gasteiger partial charge in [0.2, 0.25) is 0 Å². The lowest BCUT2D eigenvalue weighted by molar-refractivity contribution is -0.140. The molecular formula is C15H21NO3S. The Balaban J connectivity index is 1.90. The average Bonchev–Trinajstić information content (AvgIpc) is 2.82. The van der Waals surface area contributed by atoms with Crippen molar-refractivity contribution >= 4 is 23.2 Å². The molecule has 1 saturated heterocycles. The van der Waals surface area contributed by atoms with Gasteiger partial charge in [-0.05, 0) is 52.2 Å². The van der Waals surface area contributed by atoms with Crippen molar-refractivity contribution in [1.82, 2.24) is 4.90 Å². The largest absolute Gasteiger partial charge is 0.451 e. The van der Waals surface area contributed by atoms with E-state index in [1.807, 2.05) is 17.9 Å². The number of hydrogen-bond donors (Lipinski definition) is 0. The number of carbonyl (C=O) groups excluding carboxylic acids is 2. The Kier molecular flexibility index (Phi) is 4.81. The zero-order chi connectivity index (χ0) is 14.7. The molecule has 0 N–H and O–H groups in total. The highest BCUT2D eigenvalue weighted by Gasteiger charge is 2.29. The van der Waals surface area contributed by atoms with Crippen molar-refractivity contribution in [2.45, 2.75) is 52.1 Å². The van der Waals surface area contributed by atoms with Crippen LogP contribution in [0.2, 0.25) is 0 Å². The third-order valence-electron chi connectivity index (χ3n) is 3.75. The molecule has 110 valence electrons. The predicted octanol–water partition coefficient (Wildman–Crippen LogP) is 3.00. The van der Waals surface area contributed by atoms with Gasteiger partial charge in [-0.1, -0.05) is 0 Å². The molecule has 0 radical (unpaired) electrons. The predicted molar refractivity (Wildman–Crippen MR) is 79.0 cm³/mol. The second-order valence-corrected chi connectivity index (χ2v) is 6.70. The summed E-state index contributed by atoms with van der Waals surface area (Å²) in [6, 6.07) is 4.07. The summed E-state index contributed by atoms with van der Waals surface area (Å²) in [4.78, 5) is 27.5. The second-order valence-electron chi connectivity index (χ2n) is 5.42. The van der Waals surface area contributed by atoms with Gasteiger partial charge in [-0.25, -0.2) is 4.79 Å². The minimum Gasteiger partial charge on any atom is -0.451 e. The molecule has 2 atom stereocenters. The van der Waals surface area contributed by atoms with E-state index in [0.717, 1.165) is 24.1 Å². The summed E-state index contributed by atoms with van der Waals surface area (Å²) in [5.41, 5.74) is 0. The molecule has 0 spiro atoms. The highest BCUT2D eigenvalue weighted by Crippen LogP contribution is 2.22. The lowest BCUT2D eigenvalue weighted by Crippen LogP contribution is -2.49. The number of thiophene rings is 1. The lowest BCUT2D eigenvalue weighted by Gasteiger charge is -2.38. The number of aryl methyl sites for hydroxylation is 1. The van der Waals surface area contributed by atoms with Gasteiger partial charge in [-0.15, -0.1) is 11.3 Å². The van der Waals surface area contributed by atoms with Crippen LogP contribution in [-0.2, 0) is 9.53 Å². The smallest absolute Gasteiger partial charge is 0.348 e. The minimum atomic E-state index is -0.409. The van der Waals surface area contributed by atoms with E-state index < -0.39 is 5.97 Å². The number of carbonyl (C=O) groups is 2. The number of esters is 1. The average molecular weight is 295 g/mol. The van der Waals surface area contributed by atoms with Crippen molar-refractivity contribution in [3.63, 3.8) is 0 Å². The Labute approximate surface area is 123 Å². The number of ether oxygens (including phenoxy) is 1. The molecule has 0 unspecified atom stereocenters. The van der Waals surface area contributed by atoms with Gasteiger partial charge >= 0.3 is 5.97 Å². The minimum absolute atomic E-state index is 0.0914. The maximum absolute atomic E-state index is 12.2. The van der Waals surface area contributed by atoms with Gasteiger partial charge in [0.1, 0.15) is 4.88 Å². The number of likely N-dealkylation sites (tertiary alicyclic amines) is 1. The van der Waals surface area contributed by atoms with Gasteiger partial charge in [0.15, 0.2) is 6.61 Å². The number of piperidine rings is 1. The third kappa shape index (κ3) is 3.39. The normalized spacial score (nSPS) is 22.6. The number of hydrogen-bond acceptors (Lipinski definition) is 4. The Bertz CT molecular complexity index is 487. The fourth-order valence-electron chi connectivity index (χ4n) is 2.73. The SMILES string of the molecule is Cc1ccc(C(=O)OCC(=O)N2[C@@H](C)CCC[C@@H]2C)s1. The van der Waals surface area contributed by atoms with Crippen LogP contribution in [0.5, 0.6) is 0 Å². The summed E-state index contributed by atoms with van der Waals surface area (Å²) in [7, 11) is 0. The summed E-state index contributed by atoms with van der Waals surface area (Å²) in [5.74, 6) is -0.500. The molecular weight excluding hydrogens is 274 g/mol. The van der Waals surface area contributed by atoms with Crippen LogP contribution in [0.25, 0.3) is 0 Å². The van der Waals surface area contributed by atoms with Crippen LogP contribution in [0.1, 0.15) is 47.7 Å². The van der Waals surface area contributed by atoms with E-state index in [2.05, 4.69) is 13.8 Å². The zero-order valence-electron chi connectivity index (χ0n) is 12.2. The van der Waals surface area contributed by atoms with Gasteiger partial charge in [0.05, 0.1) is 0 Å². The molecule has 0 aromatic carbocycles. The molecule has 1 aliphatic rings. The summed E-state index contributed by atoms with van der Waals surface area (Å²) >= 11 is 1.38. The summed E-state index contributed by atoms with van der Waals surface area (Å²) in [6.45, 7) is 5.88. The first kappa shape index (κ1) is 15.0. The van der Waals surface area contributed by atoms with Crippen LogP contribution < -0.4 is 0 Å². The Morgan fingerprint density at radius 1 is 1.30 bits per heavy atom. The summed E-state index contributed by atoms with van der Waals surface area (Å²) < 4.78 is 5.13. The molecule has 0 saturated carbocycles. The van der Waals surface area contributed by atoms with Gasteiger partial charge < -0.3 is 9.64 Å². The molecule has 4 nitrogen and oxygen atoms in total. The highest BCUT2D eigenvalue weighted by molar-refractivity contribution is 7.13. The van der Waals surface area contributed by atoms with Crippen LogP contribution in [0, 0.1) is 6.92 Å². The number of rotatable bonds is 3. The standard InChI is InChI=1S/C15H21NO3S/c1-10-5-4-6-11(2)16(10)14(17)9-19-15(18)13-8-7-12(3)20-13/h7-8,10-11H,4-6,9H2,1-3H3/t10-,11-/m0/s1. The fraction of sp³-hybridized carbons (Fsp3) is 0.600. The summed E-state index contributed by atoms with van der Waals surface area (Å²) in [5, 5.41) is 0. The van der Waals surface area contributed by atoms with E-state index in [1.165, 1.54) is 11.3 Å². The van der Waals surface area contributed by atoms with Crippen molar-refractivity contribution in [1.29, 1.82) is 0 Å². The van der Waals surface area contributed by atoms with Gasteiger partial charge in [-0.2, -0.15) is 0 Å². The maximum Gasteiger partial charge on any atom is 0.348 e. The molecule has 2 heterocycles. The van der Waals surface area contributed by atoms with E-state index in [0.29, 0.717) is 4.88 Å². The molecule has 1 fully saturated rings. The zero-order valence-corrected chi connectivity index (χ0v) is 13.0. The first-order valence-corrected chi connectivity index (χ1v) is 7.85. The van der Waals surface area contributed by atoms with Crippen LogP contribution in [0.4, 0.5) is 0 Å². The Morgan fingerprint density at radius 3 is 2.50 bits per heavy atom. The first-order valence-electron chi connectivity index (χ1n) is 7.03. The highest BCUT2D eigenvalue weighted by atomic mass is 32.1. The molecule has 20 heavy (non-hydrogen) atoms. The van der Waals surface area contributed by atoms with E-state index in [4.69, 9.17) is 4.74 Å². The van der Waals surface area contributed by atoms with Crippen molar-refractivity contribution in [3.05, 3.63) is 21.9 Å². The van der Waals surface area contributed by atoms with Crippen LogP contribution in [0.3, 0.4) is 0 Å². The van der Waals surface area contributed by atoms with Crippen molar-refractivity contribution in [2.75, 3.05) is 6.61 Å². The molecule has 5 heteroatoms. The topological polar surface area (TPSA) is 46.6 Å². The van der Waals surface area contributed by atoms with Crippen molar-refractivity contribution in [2.24, 2.45) is 0 Å². The fourth-order valence-corrected chi connectivity index (χ4v) is 3.49. The molecule has 1 amide bonds. The molecule has 0 aliphatic carbocycles. The lowest BCUT2D eigenvalue weighted by atomic mass is 9.97. The molecule has 2 rings (SSSR count).